The molecule has 0 saturated heterocycles. The van der Waals surface area contributed by atoms with Crippen LogP contribution in [0.4, 0.5) is 13.2 Å². The molecule has 1 aromatic rings. The Labute approximate surface area is 96.7 Å². The molecule has 0 fully saturated rings. The fourth-order valence-corrected chi connectivity index (χ4v) is 1.05. The van der Waals surface area contributed by atoms with Gasteiger partial charge in [-0.05, 0) is 13.8 Å². The first-order chi connectivity index (χ1) is 7.68. The zero-order chi connectivity index (χ0) is 13.1. The van der Waals surface area contributed by atoms with Gasteiger partial charge in [-0.15, -0.1) is 5.10 Å². The normalized spacial score (nSPS) is 13.1. The topological polar surface area (TPSA) is 66.0 Å². The number of ether oxygens (including phenoxy) is 1. The van der Waals surface area contributed by atoms with Crippen molar-refractivity contribution in [2.24, 2.45) is 5.73 Å². The largest absolute Gasteiger partial charge is 0.411 e. The van der Waals surface area contributed by atoms with E-state index >= 15 is 0 Å². The van der Waals surface area contributed by atoms with Crippen LogP contribution in [-0.4, -0.2) is 34.4 Å². The quantitative estimate of drug-likeness (QED) is 0.795. The van der Waals surface area contributed by atoms with Gasteiger partial charge in [-0.25, -0.2) is 4.68 Å². The fourth-order valence-electron chi connectivity index (χ4n) is 1.05. The van der Waals surface area contributed by atoms with Crippen molar-refractivity contribution in [1.82, 2.24) is 15.0 Å². The zero-order valence-corrected chi connectivity index (χ0v) is 9.66. The van der Waals surface area contributed by atoms with Gasteiger partial charge in [0.25, 0.3) is 0 Å². The van der Waals surface area contributed by atoms with E-state index in [1.54, 1.807) is 20.0 Å². The lowest BCUT2D eigenvalue weighted by atomic mass is 10.0. The highest BCUT2D eigenvalue weighted by Gasteiger charge is 2.27. The molecule has 0 radical (unpaired) electrons. The molecule has 0 atom stereocenters. The van der Waals surface area contributed by atoms with Gasteiger partial charge >= 0.3 is 6.18 Å². The molecule has 1 aromatic heterocycles. The van der Waals surface area contributed by atoms with Gasteiger partial charge in [0, 0.05) is 0 Å². The van der Waals surface area contributed by atoms with Gasteiger partial charge in [-0.2, -0.15) is 13.2 Å². The number of nitrogens with zero attached hydrogens (tertiary/aromatic N) is 3. The molecular formula is C9H15F3N4O. The minimum Gasteiger partial charge on any atom is -0.370 e. The second kappa shape index (κ2) is 5.01. The third kappa shape index (κ3) is 5.14. The van der Waals surface area contributed by atoms with Gasteiger partial charge < -0.3 is 10.5 Å². The Balaban J connectivity index is 2.36. The molecule has 17 heavy (non-hydrogen) atoms. The van der Waals surface area contributed by atoms with Crippen molar-refractivity contribution in [2.75, 3.05) is 13.2 Å². The summed E-state index contributed by atoms with van der Waals surface area (Å²) in [7, 11) is 0. The third-order valence-electron chi connectivity index (χ3n) is 1.93. The van der Waals surface area contributed by atoms with E-state index in [4.69, 9.17) is 5.73 Å². The standard InChI is InChI=1S/C9H15F3N4O/c1-8(2,13)7-5-16(15-14-7)3-4-17-6-9(10,11)12/h5H,3-4,6,13H2,1-2H3. The number of hydrogen-bond acceptors (Lipinski definition) is 4. The molecule has 1 rings (SSSR count). The molecule has 0 aliphatic rings. The highest BCUT2D eigenvalue weighted by Crippen LogP contribution is 2.14. The van der Waals surface area contributed by atoms with Crippen LogP contribution in [0.25, 0.3) is 0 Å². The summed E-state index contributed by atoms with van der Waals surface area (Å²) in [6, 6.07) is 0. The summed E-state index contributed by atoms with van der Waals surface area (Å²) < 4.78 is 41.2. The maximum absolute atomic E-state index is 11.8. The van der Waals surface area contributed by atoms with Gasteiger partial charge in [0.05, 0.1) is 24.9 Å². The van der Waals surface area contributed by atoms with Crippen molar-refractivity contribution < 1.29 is 17.9 Å². The van der Waals surface area contributed by atoms with Gasteiger partial charge in [0.2, 0.25) is 0 Å². The Kier molecular flexibility index (Phi) is 4.10. The van der Waals surface area contributed by atoms with E-state index in [-0.39, 0.29) is 13.2 Å². The molecule has 0 aliphatic carbocycles. The zero-order valence-electron chi connectivity index (χ0n) is 9.66. The maximum Gasteiger partial charge on any atom is 0.411 e. The highest BCUT2D eigenvalue weighted by molar-refractivity contribution is 5.05. The molecule has 0 aliphatic heterocycles. The molecule has 8 heteroatoms. The van der Waals surface area contributed by atoms with E-state index in [2.05, 4.69) is 15.0 Å². The van der Waals surface area contributed by atoms with Crippen molar-refractivity contribution in [2.45, 2.75) is 32.1 Å². The minimum atomic E-state index is -4.30. The predicted octanol–water partition coefficient (Wildman–Crippen LogP) is 1.05. The molecule has 98 valence electrons. The SMILES string of the molecule is CC(C)(N)c1cn(CCOCC(F)(F)F)nn1. The van der Waals surface area contributed by atoms with E-state index in [0.717, 1.165) is 0 Å². The Morgan fingerprint density at radius 3 is 2.53 bits per heavy atom. The monoisotopic (exact) mass is 252 g/mol. The summed E-state index contributed by atoms with van der Waals surface area (Å²) in [6.07, 6.45) is -2.70. The molecule has 0 saturated carbocycles. The number of alkyl halides is 3. The maximum atomic E-state index is 11.8. The van der Waals surface area contributed by atoms with Gasteiger partial charge in [-0.1, -0.05) is 5.21 Å². The Morgan fingerprint density at radius 2 is 2.06 bits per heavy atom. The summed E-state index contributed by atoms with van der Waals surface area (Å²) in [5.41, 5.74) is 5.74. The van der Waals surface area contributed by atoms with Crippen LogP contribution in [-0.2, 0) is 16.8 Å². The van der Waals surface area contributed by atoms with Crippen LogP contribution in [0.1, 0.15) is 19.5 Å². The molecular weight excluding hydrogens is 237 g/mol. The van der Waals surface area contributed by atoms with Crippen molar-refractivity contribution in [3.05, 3.63) is 11.9 Å². The number of rotatable bonds is 5. The number of aromatic nitrogens is 3. The van der Waals surface area contributed by atoms with E-state index < -0.39 is 18.3 Å². The second-order valence-corrected chi connectivity index (χ2v) is 4.26. The lowest BCUT2D eigenvalue weighted by Crippen LogP contribution is -2.29. The first kappa shape index (κ1) is 13.9. The van der Waals surface area contributed by atoms with Crippen molar-refractivity contribution in [3.8, 4) is 0 Å². The number of hydrogen-bond donors (Lipinski definition) is 1. The van der Waals surface area contributed by atoms with E-state index in [0.29, 0.717) is 5.69 Å². The average Bonchev–Trinajstić information content (AvgIpc) is 2.58. The molecule has 1 heterocycles. The predicted molar refractivity (Wildman–Crippen MR) is 54.1 cm³/mol. The third-order valence-corrected chi connectivity index (χ3v) is 1.93. The van der Waals surface area contributed by atoms with Crippen LogP contribution in [0, 0.1) is 0 Å². The number of nitrogens with two attached hydrogens (primary N) is 1. The van der Waals surface area contributed by atoms with Crippen molar-refractivity contribution in [3.63, 3.8) is 0 Å². The van der Waals surface area contributed by atoms with Crippen molar-refractivity contribution >= 4 is 0 Å². The first-order valence-corrected chi connectivity index (χ1v) is 5.02. The van der Waals surface area contributed by atoms with E-state index in [9.17, 15) is 13.2 Å². The van der Waals surface area contributed by atoms with Crippen LogP contribution in [0.15, 0.2) is 6.20 Å². The molecule has 0 amide bonds. The smallest absolute Gasteiger partial charge is 0.370 e. The first-order valence-electron chi connectivity index (χ1n) is 5.02. The highest BCUT2D eigenvalue weighted by atomic mass is 19.4. The Hall–Kier alpha value is -1.15. The van der Waals surface area contributed by atoms with Crippen LogP contribution >= 0.6 is 0 Å². The number of halogens is 3. The fraction of sp³-hybridized carbons (Fsp3) is 0.778. The second-order valence-electron chi connectivity index (χ2n) is 4.26. The summed E-state index contributed by atoms with van der Waals surface area (Å²) in [6.45, 7) is 2.41. The van der Waals surface area contributed by atoms with E-state index in [1.165, 1.54) is 4.68 Å². The molecule has 0 bridgehead atoms. The van der Waals surface area contributed by atoms with Gasteiger partial charge in [-0.3, -0.25) is 0 Å². The van der Waals surface area contributed by atoms with Crippen LogP contribution in [0.2, 0.25) is 0 Å². The summed E-state index contributed by atoms with van der Waals surface area (Å²) in [4.78, 5) is 0. The molecule has 0 spiro atoms. The Morgan fingerprint density at radius 1 is 1.41 bits per heavy atom. The summed E-state index contributed by atoms with van der Waals surface area (Å²) >= 11 is 0. The molecule has 0 unspecified atom stereocenters. The molecule has 5 nitrogen and oxygen atoms in total. The molecule has 2 N–H and O–H groups in total. The van der Waals surface area contributed by atoms with E-state index in [1.807, 2.05) is 0 Å². The van der Waals surface area contributed by atoms with Gasteiger partial charge in [0.15, 0.2) is 0 Å². The average molecular weight is 252 g/mol. The van der Waals surface area contributed by atoms with Gasteiger partial charge in [0.1, 0.15) is 12.3 Å². The molecule has 0 aromatic carbocycles. The van der Waals surface area contributed by atoms with Crippen molar-refractivity contribution in [1.29, 1.82) is 0 Å². The van der Waals surface area contributed by atoms with Crippen LogP contribution in [0.3, 0.4) is 0 Å². The summed E-state index contributed by atoms with van der Waals surface area (Å²) in [5, 5.41) is 7.57. The van der Waals surface area contributed by atoms with Crippen LogP contribution in [0.5, 0.6) is 0 Å². The Bertz CT molecular complexity index is 356. The van der Waals surface area contributed by atoms with Crippen LogP contribution < -0.4 is 5.73 Å². The lowest BCUT2D eigenvalue weighted by Gasteiger charge is -2.13. The minimum absolute atomic E-state index is 0.0761. The lowest BCUT2D eigenvalue weighted by molar-refractivity contribution is -0.174. The summed E-state index contributed by atoms with van der Waals surface area (Å²) in [5.74, 6) is 0.